The predicted molar refractivity (Wildman–Crippen MR) is 120 cm³/mol. The first-order chi connectivity index (χ1) is 14.9. The lowest BCUT2D eigenvalue weighted by Crippen LogP contribution is -2.38. The number of nitrogens with zero attached hydrogens (tertiary/aromatic N) is 4. The van der Waals surface area contributed by atoms with Crippen molar-refractivity contribution in [2.45, 2.75) is 62.7 Å². The van der Waals surface area contributed by atoms with Crippen molar-refractivity contribution in [3.05, 3.63) is 45.5 Å². The third-order valence-corrected chi connectivity index (χ3v) is 7.08. The SMILES string of the molecule is CC(C)CCSc1ccc(C(=O)N2CCC(c3nc(C4CC4)n[nH]3)CC2)cc1[N+](=O)[O-]. The summed E-state index contributed by atoms with van der Waals surface area (Å²) in [5, 5.41) is 19.0. The van der Waals surface area contributed by atoms with E-state index in [1.54, 1.807) is 17.0 Å². The zero-order chi connectivity index (χ0) is 22.0. The standard InChI is InChI=1S/C22H29N5O3S/c1-14(2)9-12-31-19-6-5-17(13-18(19)27(29)30)22(28)26-10-7-16(8-11-26)21-23-20(24-25-21)15-3-4-15/h5-6,13-16H,3-4,7-12H2,1-2H3,(H,23,24,25). The average Bonchev–Trinajstić information content (AvgIpc) is 3.50. The van der Waals surface area contributed by atoms with Crippen LogP contribution in [0.5, 0.6) is 0 Å². The van der Waals surface area contributed by atoms with Crippen molar-refractivity contribution in [3.8, 4) is 0 Å². The Bertz CT molecular complexity index is 948. The molecule has 0 radical (unpaired) electrons. The van der Waals surface area contributed by atoms with Gasteiger partial charge in [0.05, 0.1) is 9.82 Å². The highest BCUT2D eigenvalue weighted by molar-refractivity contribution is 7.99. The number of aromatic amines is 1. The fraction of sp³-hybridized carbons (Fsp3) is 0.591. The first-order valence-corrected chi connectivity index (χ1v) is 12.0. The Balaban J connectivity index is 1.38. The summed E-state index contributed by atoms with van der Waals surface area (Å²) < 4.78 is 0. The molecule has 4 rings (SSSR count). The van der Waals surface area contributed by atoms with Crippen molar-refractivity contribution in [1.82, 2.24) is 20.1 Å². The highest BCUT2D eigenvalue weighted by Gasteiger charge is 2.31. The van der Waals surface area contributed by atoms with E-state index in [-0.39, 0.29) is 22.4 Å². The summed E-state index contributed by atoms with van der Waals surface area (Å²) in [6.07, 6.45) is 4.97. The van der Waals surface area contributed by atoms with Crippen molar-refractivity contribution < 1.29 is 9.72 Å². The van der Waals surface area contributed by atoms with Gasteiger partial charge < -0.3 is 4.90 Å². The first-order valence-electron chi connectivity index (χ1n) is 11.0. The zero-order valence-corrected chi connectivity index (χ0v) is 18.9. The largest absolute Gasteiger partial charge is 0.339 e. The minimum absolute atomic E-state index is 0.0174. The molecule has 0 bridgehead atoms. The second kappa shape index (κ2) is 9.38. The summed E-state index contributed by atoms with van der Waals surface area (Å²) in [4.78, 5) is 31.2. The number of H-pyrrole nitrogens is 1. The molecule has 2 aromatic rings. The molecule has 1 aromatic carbocycles. The first kappa shape index (κ1) is 21.8. The minimum Gasteiger partial charge on any atom is -0.339 e. The number of carbonyl (C=O) groups excluding carboxylic acids is 1. The third-order valence-electron chi connectivity index (χ3n) is 5.99. The Labute approximate surface area is 186 Å². The number of hydrogen-bond donors (Lipinski definition) is 1. The van der Waals surface area contributed by atoms with Crippen LogP contribution in [0.2, 0.25) is 0 Å². The van der Waals surface area contributed by atoms with E-state index in [2.05, 4.69) is 29.0 Å². The van der Waals surface area contributed by atoms with E-state index in [0.717, 1.165) is 36.7 Å². The molecule has 1 saturated heterocycles. The quantitative estimate of drug-likeness (QED) is 0.359. The predicted octanol–water partition coefficient (Wildman–Crippen LogP) is 4.75. The topological polar surface area (TPSA) is 105 Å². The van der Waals surface area contributed by atoms with Gasteiger partial charge in [0.15, 0.2) is 5.82 Å². The number of nitrogens with one attached hydrogen (secondary N) is 1. The fourth-order valence-corrected chi connectivity index (χ4v) is 5.11. The van der Waals surface area contributed by atoms with Crippen molar-refractivity contribution in [2.75, 3.05) is 18.8 Å². The maximum Gasteiger partial charge on any atom is 0.283 e. The van der Waals surface area contributed by atoms with E-state index in [0.29, 0.717) is 35.4 Å². The van der Waals surface area contributed by atoms with Crippen LogP contribution in [0.4, 0.5) is 5.69 Å². The number of aromatic nitrogens is 3. The second-order valence-corrected chi connectivity index (χ2v) is 10.0. The summed E-state index contributed by atoms with van der Waals surface area (Å²) in [5.41, 5.74) is 0.401. The van der Waals surface area contributed by atoms with Crippen LogP contribution in [-0.4, -0.2) is 49.8 Å². The van der Waals surface area contributed by atoms with Crippen molar-refractivity contribution in [2.24, 2.45) is 5.92 Å². The number of likely N-dealkylation sites (tertiary alicyclic amines) is 1. The second-order valence-electron chi connectivity index (χ2n) is 8.89. The van der Waals surface area contributed by atoms with Crippen LogP contribution < -0.4 is 0 Å². The highest BCUT2D eigenvalue weighted by Crippen LogP contribution is 2.39. The number of nitro benzene ring substituents is 1. The van der Waals surface area contributed by atoms with Crippen LogP contribution in [0.15, 0.2) is 23.1 Å². The molecule has 2 fully saturated rings. The molecule has 1 aromatic heterocycles. The van der Waals surface area contributed by atoms with E-state index in [1.165, 1.54) is 30.7 Å². The van der Waals surface area contributed by atoms with E-state index in [9.17, 15) is 14.9 Å². The van der Waals surface area contributed by atoms with E-state index < -0.39 is 0 Å². The Hall–Kier alpha value is -2.42. The maximum atomic E-state index is 13.0. The molecule has 2 aliphatic rings. The number of carbonyl (C=O) groups is 1. The van der Waals surface area contributed by atoms with Crippen molar-refractivity contribution in [3.63, 3.8) is 0 Å². The monoisotopic (exact) mass is 443 g/mol. The molecule has 1 aliphatic carbocycles. The lowest BCUT2D eigenvalue weighted by molar-refractivity contribution is -0.387. The lowest BCUT2D eigenvalue weighted by Gasteiger charge is -2.31. The number of benzene rings is 1. The van der Waals surface area contributed by atoms with Crippen molar-refractivity contribution in [1.29, 1.82) is 0 Å². The average molecular weight is 444 g/mol. The summed E-state index contributed by atoms with van der Waals surface area (Å²) in [6, 6.07) is 4.87. The molecular formula is C22H29N5O3S. The van der Waals surface area contributed by atoms with Gasteiger partial charge in [-0.05, 0) is 55.9 Å². The number of piperidine rings is 1. The number of thioether (sulfide) groups is 1. The normalized spacial score (nSPS) is 17.3. The number of amides is 1. The zero-order valence-electron chi connectivity index (χ0n) is 18.0. The van der Waals surface area contributed by atoms with Gasteiger partial charge in [-0.15, -0.1) is 11.8 Å². The molecule has 0 unspecified atom stereocenters. The molecule has 0 atom stereocenters. The maximum absolute atomic E-state index is 13.0. The molecule has 1 N–H and O–H groups in total. The van der Waals surface area contributed by atoms with E-state index >= 15 is 0 Å². The summed E-state index contributed by atoms with van der Waals surface area (Å²) in [7, 11) is 0. The molecule has 1 saturated carbocycles. The molecule has 0 spiro atoms. The van der Waals surface area contributed by atoms with Gasteiger partial charge in [-0.2, -0.15) is 5.10 Å². The van der Waals surface area contributed by atoms with Gasteiger partial charge in [0.25, 0.3) is 11.6 Å². The van der Waals surface area contributed by atoms with Crippen LogP contribution in [0.3, 0.4) is 0 Å². The molecule has 31 heavy (non-hydrogen) atoms. The molecule has 9 heteroatoms. The van der Waals surface area contributed by atoms with E-state index in [1.807, 2.05) is 0 Å². The number of rotatable bonds is 8. The minimum atomic E-state index is -0.387. The lowest BCUT2D eigenvalue weighted by atomic mass is 9.95. The Kier molecular flexibility index (Phi) is 6.60. The number of nitro groups is 1. The molecular weight excluding hydrogens is 414 g/mol. The Morgan fingerprint density at radius 2 is 2.00 bits per heavy atom. The molecule has 1 amide bonds. The molecule has 166 valence electrons. The molecule has 8 nitrogen and oxygen atoms in total. The summed E-state index contributed by atoms with van der Waals surface area (Å²) in [6.45, 7) is 5.49. The van der Waals surface area contributed by atoms with Crippen LogP contribution in [0.1, 0.15) is 79.8 Å². The van der Waals surface area contributed by atoms with Gasteiger partial charge in [-0.25, -0.2) is 4.98 Å². The summed E-state index contributed by atoms with van der Waals surface area (Å²) in [5.74, 6) is 3.87. The highest BCUT2D eigenvalue weighted by atomic mass is 32.2. The Morgan fingerprint density at radius 1 is 1.26 bits per heavy atom. The van der Waals surface area contributed by atoms with Crippen LogP contribution >= 0.6 is 11.8 Å². The van der Waals surface area contributed by atoms with Gasteiger partial charge in [0.1, 0.15) is 5.82 Å². The van der Waals surface area contributed by atoms with Gasteiger partial charge in [-0.1, -0.05) is 13.8 Å². The van der Waals surface area contributed by atoms with Gasteiger partial charge in [0, 0.05) is 36.6 Å². The van der Waals surface area contributed by atoms with Gasteiger partial charge in [0.2, 0.25) is 0 Å². The molecule has 1 aliphatic heterocycles. The molecule has 2 heterocycles. The fourth-order valence-electron chi connectivity index (χ4n) is 3.85. The summed E-state index contributed by atoms with van der Waals surface area (Å²) >= 11 is 1.48. The van der Waals surface area contributed by atoms with Crippen molar-refractivity contribution >= 4 is 23.4 Å². The van der Waals surface area contributed by atoms with Crippen LogP contribution in [0.25, 0.3) is 0 Å². The van der Waals surface area contributed by atoms with Crippen LogP contribution in [0, 0.1) is 16.0 Å². The van der Waals surface area contributed by atoms with Crippen LogP contribution in [-0.2, 0) is 0 Å². The van der Waals surface area contributed by atoms with E-state index in [4.69, 9.17) is 0 Å². The number of hydrogen-bond acceptors (Lipinski definition) is 6. The Morgan fingerprint density at radius 3 is 2.65 bits per heavy atom. The smallest absolute Gasteiger partial charge is 0.283 e. The third kappa shape index (κ3) is 5.26. The van der Waals surface area contributed by atoms with Gasteiger partial charge in [-0.3, -0.25) is 20.0 Å². The van der Waals surface area contributed by atoms with Gasteiger partial charge >= 0.3 is 0 Å².